The molecule has 0 atom stereocenters. The second kappa shape index (κ2) is 5.74. The number of nitriles is 1. The van der Waals surface area contributed by atoms with E-state index in [1.807, 2.05) is 24.3 Å². The minimum atomic E-state index is -0.0244. The van der Waals surface area contributed by atoms with Crippen molar-refractivity contribution in [2.75, 3.05) is 5.32 Å². The monoisotopic (exact) mass is 289 g/mol. The van der Waals surface area contributed by atoms with Gasteiger partial charge in [-0.25, -0.2) is 0 Å². The molecule has 0 saturated carbocycles. The summed E-state index contributed by atoms with van der Waals surface area (Å²) in [6.45, 7) is 2.08. The van der Waals surface area contributed by atoms with Crippen molar-refractivity contribution in [3.8, 4) is 6.07 Å². The molecule has 0 aliphatic rings. The number of nitrogens with one attached hydrogen (secondary N) is 2. The Kier molecular flexibility index (Phi) is 3.63. The Morgan fingerprint density at radius 1 is 1.23 bits per heavy atom. The van der Waals surface area contributed by atoms with E-state index in [1.165, 1.54) is 6.92 Å². The number of fused-ring (bicyclic) bond motifs is 1. The van der Waals surface area contributed by atoms with Crippen molar-refractivity contribution in [3.63, 3.8) is 0 Å². The van der Waals surface area contributed by atoms with E-state index >= 15 is 0 Å². The molecule has 108 valence electrons. The lowest BCUT2D eigenvalue weighted by atomic mass is 10.1. The molecule has 0 saturated heterocycles. The van der Waals surface area contributed by atoms with E-state index in [4.69, 9.17) is 5.26 Å². The van der Waals surface area contributed by atoms with Crippen LogP contribution in [-0.2, 0) is 6.54 Å². The van der Waals surface area contributed by atoms with Crippen LogP contribution in [0.15, 0.2) is 48.5 Å². The first-order valence-electron chi connectivity index (χ1n) is 7.03. The van der Waals surface area contributed by atoms with Crippen molar-refractivity contribution in [2.24, 2.45) is 0 Å². The highest BCUT2D eigenvalue weighted by Crippen LogP contribution is 2.20. The van der Waals surface area contributed by atoms with Crippen molar-refractivity contribution in [3.05, 3.63) is 65.4 Å². The van der Waals surface area contributed by atoms with Crippen LogP contribution in [0.4, 0.5) is 5.69 Å². The fourth-order valence-electron chi connectivity index (χ4n) is 2.49. The molecule has 0 bridgehead atoms. The summed E-state index contributed by atoms with van der Waals surface area (Å²) in [5.74, 6) is -0.0244. The Morgan fingerprint density at radius 2 is 2.05 bits per heavy atom. The lowest BCUT2D eigenvalue weighted by Gasteiger charge is -2.10. The number of rotatable bonds is 4. The minimum Gasteiger partial charge on any atom is -0.379 e. The fraction of sp³-hybridized carbons (Fsp3) is 0.111. The van der Waals surface area contributed by atoms with Crippen molar-refractivity contribution in [2.45, 2.75) is 13.5 Å². The molecule has 1 heterocycles. The SMILES string of the molecule is CC(=O)c1ccc(C#N)cc1NCc1cc2ccccc2[nH]1. The van der Waals surface area contributed by atoms with Gasteiger partial charge in [0.2, 0.25) is 0 Å². The molecule has 0 amide bonds. The molecule has 22 heavy (non-hydrogen) atoms. The topological polar surface area (TPSA) is 68.7 Å². The summed E-state index contributed by atoms with van der Waals surface area (Å²) in [6.07, 6.45) is 0. The quantitative estimate of drug-likeness (QED) is 0.717. The lowest BCUT2D eigenvalue weighted by Crippen LogP contribution is -2.05. The third-order valence-corrected chi connectivity index (χ3v) is 3.58. The van der Waals surface area contributed by atoms with Crippen LogP contribution in [0, 0.1) is 11.3 Å². The number of anilines is 1. The third-order valence-electron chi connectivity index (χ3n) is 3.58. The normalized spacial score (nSPS) is 10.4. The Morgan fingerprint density at radius 3 is 2.77 bits per heavy atom. The number of carbonyl (C=O) groups excluding carboxylic acids is 1. The van der Waals surface area contributed by atoms with Crippen LogP contribution in [0.25, 0.3) is 10.9 Å². The van der Waals surface area contributed by atoms with Gasteiger partial charge in [-0.15, -0.1) is 0 Å². The number of aromatic nitrogens is 1. The van der Waals surface area contributed by atoms with Crippen molar-refractivity contribution in [1.29, 1.82) is 5.26 Å². The Labute approximate surface area is 128 Å². The first-order chi connectivity index (χ1) is 10.7. The number of para-hydroxylation sites is 1. The number of H-pyrrole nitrogens is 1. The summed E-state index contributed by atoms with van der Waals surface area (Å²) in [7, 11) is 0. The summed E-state index contributed by atoms with van der Waals surface area (Å²) in [6, 6.07) is 17.3. The number of ketones is 1. The van der Waals surface area contributed by atoms with Gasteiger partial charge < -0.3 is 10.3 Å². The highest BCUT2D eigenvalue weighted by molar-refractivity contribution is 5.99. The van der Waals surface area contributed by atoms with Gasteiger partial charge in [0.1, 0.15) is 0 Å². The summed E-state index contributed by atoms with van der Waals surface area (Å²) in [5, 5.41) is 13.4. The summed E-state index contributed by atoms with van der Waals surface area (Å²) >= 11 is 0. The van der Waals surface area contributed by atoms with Gasteiger partial charge in [0.15, 0.2) is 5.78 Å². The molecule has 0 aliphatic carbocycles. The number of hydrogen-bond donors (Lipinski definition) is 2. The van der Waals surface area contributed by atoms with Gasteiger partial charge in [-0.3, -0.25) is 4.79 Å². The van der Waals surface area contributed by atoms with E-state index in [1.54, 1.807) is 18.2 Å². The van der Waals surface area contributed by atoms with E-state index in [2.05, 4.69) is 22.4 Å². The van der Waals surface area contributed by atoms with Crippen molar-refractivity contribution >= 4 is 22.4 Å². The number of Topliss-reactive ketones (excluding diaryl/α,β-unsaturated/α-hetero) is 1. The summed E-state index contributed by atoms with van der Waals surface area (Å²) in [5.41, 5.74) is 3.92. The molecule has 3 rings (SSSR count). The van der Waals surface area contributed by atoms with Crippen LogP contribution in [0.1, 0.15) is 28.5 Å². The fourth-order valence-corrected chi connectivity index (χ4v) is 2.49. The molecule has 0 radical (unpaired) electrons. The minimum absolute atomic E-state index is 0.0244. The Balaban J connectivity index is 1.86. The maximum absolute atomic E-state index is 11.7. The van der Waals surface area contributed by atoms with Gasteiger partial charge in [-0.2, -0.15) is 5.26 Å². The van der Waals surface area contributed by atoms with E-state index in [-0.39, 0.29) is 5.78 Å². The number of nitrogens with zero attached hydrogens (tertiary/aromatic N) is 1. The van der Waals surface area contributed by atoms with Crippen LogP contribution in [0.5, 0.6) is 0 Å². The zero-order valence-corrected chi connectivity index (χ0v) is 12.2. The molecule has 1 aromatic heterocycles. The second-order valence-corrected chi connectivity index (χ2v) is 5.16. The van der Waals surface area contributed by atoms with Crippen LogP contribution in [0.2, 0.25) is 0 Å². The van der Waals surface area contributed by atoms with E-state index < -0.39 is 0 Å². The van der Waals surface area contributed by atoms with Crippen LogP contribution < -0.4 is 5.32 Å². The van der Waals surface area contributed by atoms with E-state index in [0.29, 0.717) is 23.4 Å². The zero-order valence-electron chi connectivity index (χ0n) is 12.2. The highest BCUT2D eigenvalue weighted by Gasteiger charge is 2.09. The highest BCUT2D eigenvalue weighted by atomic mass is 16.1. The first kappa shape index (κ1) is 13.9. The first-order valence-corrected chi connectivity index (χ1v) is 7.03. The van der Waals surface area contributed by atoms with Gasteiger partial charge in [0.25, 0.3) is 0 Å². The smallest absolute Gasteiger partial charge is 0.161 e. The number of aromatic amines is 1. The largest absolute Gasteiger partial charge is 0.379 e. The number of benzene rings is 2. The van der Waals surface area contributed by atoms with Crippen LogP contribution >= 0.6 is 0 Å². The molecule has 2 aromatic carbocycles. The molecular formula is C18H15N3O. The molecule has 3 aromatic rings. The van der Waals surface area contributed by atoms with Crippen LogP contribution in [0.3, 0.4) is 0 Å². The van der Waals surface area contributed by atoms with E-state index in [9.17, 15) is 4.79 Å². The molecule has 0 unspecified atom stereocenters. The predicted octanol–water partition coefficient (Wildman–Crippen LogP) is 3.85. The number of hydrogen-bond acceptors (Lipinski definition) is 3. The van der Waals surface area contributed by atoms with Crippen molar-refractivity contribution in [1.82, 2.24) is 4.98 Å². The summed E-state index contributed by atoms with van der Waals surface area (Å²) in [4.78, 5) is 15.0. The van der Waals surface area contributed by atoms with Gasteiger partial charge in [0, 0.05) is 22.5 Å². The summed E-state index contributed by atoms with van der Waals surface area (Å²) < 4.78 is 0. The molecule has 2 N–H and O–H groups in total. The zero-order chi connectivity index (χ0) is 15.5. The van der Waals surface area contributed by atoms with Gasteiger partial charge >= 0.3 is 0 Å². The van der Waals surface area contributed by atoms with Gasteiger partial charge in [-0.1, -0.05) is 18.2 Å². The molecule has 4 heteroatoms. The maximum Gasteiger partial charge on any atom is 0.161 e. The molecule has 0 aliphatic heterocycles. The Bertz CT molecular complexity index is 854. The second-order valence-electron chi connectivity index (χ2n) is 5.16. The molecule has 0 spiro atoms. The third kappa shape index (κ3) is 2.70. The maximum atomic E-state index is 11.7. The number of carbonyl (C=O) groups is 1. The average molecular weight is 289 g/mol. The van der Waals surface area contributed by atoms with Crippen molar-refractivity contribution < 1.29 is 4.79 Å². The molecule has 4 nitrogen and oxygen atoms in total. The van der Waals surface area contributed by atoms with E-state index in [0.717, 1.165) is 16.6 Å². The van der Waals surface area contributed by atoms with Gasteiger partial charge in [0.05, 0.1) is 18.2 Å². The van der Waals surface area contributed by atoms with Gasteiger partial charge in [-0.05, 0) is 42.6 Å². The lowest BCUT2D eigenvalue weighted by molar-refractivity contribution is 0.101. The standard InChI is InChI=1S/C18H15N3O/c1-12(22)16-7-6-13(10-19)8-18(16)20-11-15-9-14-4-2-3-5-17(14)21-15/h2-9,20-21H,11H2,1H3. The van der Waals surface area contributed by atoms with Crippen LogP contribution in [-0.4, -0.2) is 10.8 Å². The average Bonchev–Trinajstić information content (AvgIpc) is 2.95. The Hall–Kier alpha value is -3.06. The molecule has 0 fully saturated rings. The predicted molar refractivity (Wildman–Crippen MR) is 86.8 cm³/mol. The molecular weight excluding hydrogens is 274 g/mol.